The fraction of sp³-hybridized carbons (Fsp3) is 0.625. The highest BCUT2D eigenvalue weighted by Crippen LogP contribution is 2.31. The molecule has 1 aromatic rings. The van der Waals surface area contributed by atoms with Crippen molar-refractivity contribution in [2.24, 2.45) is 22.5 Å². The van der Waals surface area contributed by atoms with E-state index in [0.717, 1.165) is 19.3 Å². The molecule has 1 aromatic heterocycles. The predicted octanol–water partition coefficient (Wildman–Crippen LogP) is 1.86. The molecule has 242 valence electrons. The normalized spacial score (nSPS) is 19.0. The monoisotopic (exact) mass is 612 g/mol. The molecule has 44 heavy (non-hydrogen) atoms. The van der Waals surface area contributed by atoms with E-state index in [4.69, 9.17) is 5.73 Å². The van der Waals surface area contributed by atoms with Crippen molar-refractivity contribution in [1.82, 2.24) is 25.4 Å². The van der Waals surface area contributed by atoms with Crippen LogP contribution in [0.2, 0.25) is 0 Å². The molecule has 0 aromatic carbocycles. The zero-order valence-corrected chi connectivity index (χ0v) is 26.7. The average Bonchev–Trinajstić information content (AvgIpc) is 3.39. The molecule has 1 aliphatic carbocycles. The van der Waals surface area contributed by atoms with E-state index in [2.05, 4.69) is 16.0 Å². The molecule has 1 saturated carbocycles. The van der Waals surface area contributed by atoms with Crippen molar-refractivity contribution in [2.45, 2.75) is 104 Å². The lowest BCUT2D eigenvalue weighted by atomic mass is 9.81. The van der Waals surface area contributed by atoms with Gasteiger partial charge < -0.3 is 31.2 Å². The van der Waals surface area contributed by atoms with Gasteiger partial charge in [-0.15, -0.1) is 0 Å². The highest BCUT2D eigenvalue weighted by Gasteiger charge is 2.41. The van der Waals surface area contributed by atoms with Crippen LogP contribution in [-0.2, 0) is 25.7 Å². The Hall–Kier alpha value is -3.96. The molecule has 1 unspecified atom stereocenters. The first-order chi connectivity index (χ1) is 20.5. The highest BCUT2D eigenvalue weighted by molar-refractivity contribution is 6.37. The molecule has 12 heteroatoms. The number of pyridine rings is 1. The number of ketones is 1. The van der Waals surface area contributed by atoms with Crippen molar-refractivity contribution < 1.29 is 24.0 Å². The Morgan fingerprint density at radius 1 is 0.977 bits per heavy atom. The van der Waals surface area contributed by atoms with E-state index in [1.807, 2.05) is 20.8 Å². The minimum Gasteiger partial charge on any atom is -0.363 e. The number of amides is 5. The average molecular weight is 613 g/mol. The number of rotatable bonds is 12. The number of hydrogen-bond donors (Lipinski definition) is 4. The number of aromatic nitrogens is 1. The third-order valence-corrected chi connectivity index (χ3v) is 8.49. The first-order valence-corrected chi connectivity index (χ1v) is 15.3. The summed E-state index contributed by atoms with van der Waals surface area (Å²) in [5.41, 5.74) is 3.90. The van der Waals surface area contributed by atoms with E-state index >= 15 is 0 Å². The Bertz CT molecular complexity index is 1320. The smallest absolute Gasteiger partial charge is 0.315 e. The van der Waals surface area contributed by atoms with E-state index in [-0.39, 0.29) is 18.6 Å². The third kappa shape index (κ3) is 9.03. The number of carbonyl (C=O) groups is 5. The maximum atomic E-state index is 13.9. The van der Waals surface area contributed by atoms with Gasteiger partial charge >= 0.3 is 6.03 Å². The molecule has 0 spiro atoms. The molecular formula is C32H48N6O6. The summed E-state index contributed by atoms with van der Waals surface area (Å²) >= 11 is 0. The number of carbonyl (C=O) groups excluding carboxylic acids is 5. The SMILES string of the molecule is CC(C)(C)[C@H](NC(=O)N[C@H](Cn1ccccc1=O)C(C)(C)C)C(=O)N1CC=C[C@H]1C(=O)NC(CCC1CCC1)C(=O)C(N)=O. The number of hydrogen-bond acceptors (Lipinski definition) is 6. The van der Waals surface area contributed by atoms with Crippen molar-refractivity contribution in [1.29, 1.82) is 0 Å². The molecule has 5 amide bonds. The van der Waals surface area contributed by atoms with E-state index < -0.39 is 64.5 Å². The maximum absolute atomic E-state index is 13.9. The van der Waals surface area contributed by atoms with Crippen molar-refractivity contribution in [2.75, 3.05) is 6.54 Å². The Kier molecular flexibility index (Phi) is 11.2. The summed E-state index contributed by atoms with van der Waals surface area (Å²) in [5.74, 6) is -2.60. The standard InChI is InChI=1S/C32H48N6O6/c1-31(2,3)23(19-37-17-8-7-14-24(37)39)35-30(44)36-26(32(4,5)6)29(43)38-18-10-13-22(38)28(42)34-21(25(40)27(33)41)16-15-20-11-9-12-20/h7-8,10,13-14,17,20-23,26H,9,11-12,15-16,18-19H2,1-6H3,(H2,33,41)(H,34,42)(H2,35,36,44)/t21?,22-,23+,26+/m0/s1. The number of primary amides is 1. The molecule has 1 aliphatic heterocycles. The lowest BCUT2D eigenvalue weighted by molar-refractivity contribution is -0.142. The number of nitrogens with zero attached hydrogens (tertiary/aromatic N) is 2. The Morgan fingerprint density at radius 3 is 2.20 bits per heavy atom. The highest BCUT2D eigenvalue weighted by atomic mass is 16.2. The van der Waals surface area contributed by atoms with Crippen LogP contribution in [0.5, 0.6) is 0 Å². The van der Waals surface area contributed by atoms with Gasteiger partial charge in [-0.05, 0) is 35.7 Å². The van der Waals surface area contributed by atoms with Crippen LogP contribution in [0.15, 0.2) is 41.3 Å². The summed E-state index contributed by atoms with van der Waals surface area (Å²) in [6.45, 7) is 11.6. The predicted molar refractivity (Wildman–Crippen MR) is 166 cm³/mol. The molecule has 1 fully saturated rings. The summed E-state index contributed by atoms with van der Waals surface area (Å²) in [6, 6.07) is 0.688. The van der Waals surface area contributed by atoms with Crippen molar-refractivity contribution in [3.8, 4) is 0 Å². The van der Waals surface area contributed by atoms with Crippen LogP contribution in [0.3, 0.4) is 0 Å². The van der Waals surface area contributed by atoms with Gasteiger partial charge in [-0.1, -0.05) is 79.0 Å². The number of urea groups is 1. The summed E-state index contributed by atoms with van der Waals surface area (Å²) < 4.78 is 1.52. The Balaban J connectivity index is 1.73. The molecule has 2 aliphatic rings. The van der Waals surface area contributed by atoms with E-state index in [1.165, 1.54) is 15.5 Å². The number of nitrogens with one attached hydrogen (secondary N) is 3. The topological polar surface area (TPSA) is 173 Å². The molecular weight excluding hydrogens is 564 g/mol. The molecule has 4 atom stereocenters. The Labute approximate surface area is 259 Å². The van der Waals surface area contributed by atoms with Gasteiger partial charge in [0.25, 0.3) is 11.5 Å². The first-order valence-electron chi connectivity index (χ1n) is 15.3. The second kappa shape index (κ2) is 14.2. The van der Waals surface area contributed by atoms with Gasteiger partial charge in [0.15, 0.2) is 0 Å². The zero-order chi connectivity index (χ0) is 32.8. The van der Waals surface area contributed by atoms with Crippen LogP contribution in [0.4, 0.5) is 4.79 Å². The molecule has 12 nitrogen and oxygen atoms in total. The van der Waals surface area contributed by atoms with Crippen LogP contribution in [0.25, 0.3) is 0 Å². The maximum Gasteiger partial charge on any atom is 0.315 e. The second-order valence-corrected chi connectivity index (χ2v) is 14.1. The van der Waals surface area contributed by atoms with E-state index in [1.54, 1.807) is 51.3 Å². The van der Waals surface area contributed by atoms with Crippen LogP contribution >= 0.6 is 0 Å². The van der Waals surface area contributed by atoms with Crippen molar-refractivity contribution in [3.05, 3.63) is 46.9 Å². The van der Waals surface area contributed by atoms with E-state index in [0.29, 0.717) is 18.8 Å². The summed E-state index contributed by atoms with van der Waals surface area (Å²) in [4.78, 5) is 78.5. The lowest BCUT2D eigenvalue weighted by Gasteiger charge is -2.37. The quantitative estimate of drug-likeness (QED) is 0.207. The summed E-state index contributed by atoms with van der Waals surface area (Å²) in [6.07, 6.45) is 9.10. The van der Waals surface area contributed by atoms with Crippen LogP contribution in [0.1, 0.15) is 73.6 Å². The number of Topliss-reactive ketones (excluding diaryl/α,β-unsaturated/α-hetero) is 1. The molecule has 0 saturated heterocycles. The van der Waals surface area contributed by atoms with Crippen LogP contribution in [0, 0.1) is 16.7 Å². The molecule has 0 bridgehead atoms. The van der Waals surface area contributed by atoms with Crippen molar-refractivity contribution >= 4 is 29.5 Å². The molecule has 2 heterocycles. The molecule has 0 radical (unpaired) electrons. The first kappa shape index (κ1) is 34.5. The minimum absolute atomic E-state index is 0.130. The largest absolute Gasteiger partial charge is 0.363 e. The van der Waals surface area contributed by atoms with Gasteiger partial charge in [-0.3, -0.25) is 24.0 Å². The summed E-state index contributed by atoms with van der Waals surface area (Å²) in [7, 11) is 0. The lowest BCUT2D eigenvalue weighted by Crippen LogP contribution is -2.61. The van der Waals surface area contributed by atoms with Gasteiger partial charge in [0, 0.05) is 25.4 Å². The van der Waals surface area contributed by atoms with Crippen LogP contribution < -0.4 is 27.2 Å². The Morgan fingerprint density at radius 2 is 1.66 bits per heavy atom. The third-order valence-electron chi connectivity index (χ3n) is 8.49. The number of nitrogens with two attached hydrogens (primary N) is 1. The molecule has 3 rings (SSSR count). The second-order valence-electron chi connectivity index (χ2n) is 14.1. The fourth-order valence-electron chi connectivity index (χ4n) is 5.35. The van der Waals surface area contributed by atoms with Gasteiger partial charge in [0.1, 0.15) is 12.1 Å². The van der Waals surface area contributed by atoms with Gasteiger partial charge in [0.2, 0.25) is 17.6 Å². The molecule has 5 N–H and O–H groups in total. The van der Waals surface area contributed by atoms with E-state index in [9.17, 15) is 28.8 Å². The zero-order valence-electron chi connectivity index (χ0n) is 26.7. The summed E-state index contributed by atoms with van der Waals surface area (Å²) in [5, 5.41) is 8.41. The minimum atomic E-state index is -1.12. The fourth-order valence-corrected chi connectivity index (χ4v) is 5.35. The van der Waals surface area contributed by atoms with Crippen molar-refractivity contribution in [3.63, 3.8) is 0 Å². The van der Waals surface area contributed by atoms with Gasteiger partial charge in [0.05, 0.1) is 12.1 Å². The van der Waals surface area contributed by atoms with Gasteiger partial charge in [-0.2, -0.15) is 0 Å². The van der Waals surface area contributed by atoms with Crippen LogP contribution in [-0.4, -0.2) is 69.7 Å². The van der Waals surface area contributed by atoms with Gasteiger partial charge in [-0.25, -0.2) is 4.79 Å².